The SMILES string of the molecule is C=C(C)C(=O)OCCC(C)CCC(C)CCCCCCCCCC. The van der Waals surface area contributed by atoms with E-state index >= 15 is 0 Å². The fourth-order valence-corrected chi connectivity index (χ4v) is 2.96. The number of rotatable bonds is 16. The average molecular weight is 339 g/mol. The number of hydrogen-bond donors (Lipinski definition) is 0. The van der Waals surface area contributed by atoms with Gasteiger partial charge < -0.3 is 4.74 Å². The highest BCUT2D eigenvalue weighted by Crippen LogP contribution is 2.20. The summed E-state index contributed by atoms with van der Waals surface area (Å²) in [6, 6.07) is 0. The van der Waals surface area contributed by atoms with E-state index in [1.807, 2.05) is 0 Å². The Morgan fingerprint density at radius 2 is 1.33 bits per heavy atom. The van der Waals surface area contributed by atoms with Crippen LogP contribution in [0.3, 0.4) is 0 Å². The summed E-state index contributed by atoms with van der Waals surface area (Å²) in [4.78, 5) is 11.3. The number of carbonyl (C=O) groups excluding carboxylic acids is 1. The Hall–Kier alpha value is -0.790. The minimum Gasteiger partial charge on any atom is -0.462 e. The molecular weight excluding hydrogens is 296 g/mol. The Labute approximate surface area is 151 Å². The molecule has 2 unspecified atom stereocenters. The highest BCUT2D eigenvalue weighted by atomic mass is 16.5. The average Bonchev–Trinajstić information content (AvgIpc) is 2.55. The van der Waals surface area contributed by atoms with Crippen LogP contribution in [-0.2, 0) is 9.53 Å². The first-order valence-electron chi connectivity index (χ1n) is 10.3. The zero-order chi connectivity index (χ0) is 18.2. The number of ether oxygens (including phenoxy) is 1. The van der Waals surface area contributed by atoms with Gasteiger partial charge in [-0.2, -0.15) is 0 Å². The van der Waals surface area contributed by atoms with E-state index in [1.165, 1.54) is 70.6 Å². The molecule has 0 radical (unpaired) electrons. The molecule has 0 saturated carbocycles. The number of carbonyl (C=O) groups is 1. The highest BCUT2D eigenvalue weighted by molar-refractivity contribution is 5.86. The van der Waals surface area contributed by atoms with Crippen LogP contribution in [-0.4, -0.2) is 12.6 Å². The fourth-order valence-electron chi connectivity index (χ4n) is 2.96. The second-order valence-corrected chi connectivity index (χ2v) is 7.76. The molecule has 2 heteroatoms. The molecule has 0 N–H and O–H groups in total. The summed E-state index contributed by atoms with van der Waals surface area (Å²) in [7, 11) is 0. The van der Waals surface area contributed by atoms with E-state index in [2.05, 4.69) is 27.4 Å². The van der Waals surface area contributed by atoms with Crippen LogP contribution >= 0.6 is 0 Å². The van der Waals surface area contributed by atoms with Crippen molar-refractivity contribution < 1.29 is 9.53 Å². The van der Waals surface area contributed by atoms with Gasteiger partial charge in [0.1, 0.15) is 0 Å². The van der Waals surface area contributed by atoms with Crippen molar-refractivity contribution in [1.82, 2.24) is 0 Å². The highest BCUT2D eigenvalue weighted by Gasteiger charge is 2.09. The molecule has 24 heavy (non-hydrogen) atoms. The van der Waals surface area contributed by atoms with Crippen LogP contribution in [0.4, 0.5) is 0 Å². The van der Waals surface area contributed by atoms with E-state index in [1.54, 1.807) is 6.92 Å². The van der Waals surface area contributed by atoms with E-state index in [4.69, 9.17) is 4.74 Å². The van der Waals surface area contributed by atoms with Gasteiger partial charge in [0.05, 0.1) is 6.61 Å². The van der Waals surface area contributed by atoms with Crippen molar-refractivity contribution in [3.63, 3.8) is 0 Å². The van der Waals surface area contributed by atoms with E-state index in [0.29, 0.717) is 18.1 Å². The maximum atomic E-state index is 11.3. The first kappa shape index (κ1) is 23.2. The van der Waals surface area contributed by atoms with Crippen molar-refractivity contribution >= 4 is 5.97 Å². The zero-order valence-corrected chi connectivity index (χ0v) is 16.9. The lowest BCUT2D eigenvalue weighted by Gasteiger charge is -2.15. The van der Waals surface area contributed by atoms with Gasteiger partial charge in [-0.3, -0.25) is 0 Å². The lowest BCUT2D eigenvalue weighted by molar-refractivity contribution is -0.139. The number of esters is 1. The lowest BCUT2D eigenvalue weighted by atomic mass is 9.92. The maximum Gasteiger partial charge on any atom is 0.333 e. The third kappa shape index (κ3) is 14.8. The molecule has 0 aromatic heterocycles. The van der Waals surface area contributed by atoms with Crippen molar-refractivity contribution in [2.45, 2.75) is 105 Å². The van der Waals surface area contributed by atoms with Gasteiger partial charge in [-0.25, -0.2) is 4.79 Å². The third-order valence-electron chi connectivity index (χ3n) is 4.90. The fraction of sp³-hybridized carbons (Fsp3) is 0.864. The van der Waals surface area contributed by atoms with E-state index < -0.39 is 0 Å². The first-order valence-corrected chi connectivity index (χ1v) is 10.3. The van der Waals surface area contributed by atoms with Gasteiger partial charge in [0.15, 0.2) is 0 Å². The zero-order valence-electron chi connectivity index (χ0n) is 16.9. The van der Waals surface area contributed by atoms with E-state index in [0.717, 1.165) is 12.3 Å². The molecule has 0 rings (SSSR count). The largest absolute Gasteiger partial charge is 0.462 e. The molecular formula is C22H42O2. The predicted octanol–water partition coefficient (Wildman–Crippen LogP) is 7.08. The summed E-state index contributed by atoms with van der Waals surface area (Å²) in [5.74, 6) is 1.19. The Balaban J connectivity index is 3.45. The van der Waals surface area contributed by atoms with E-state index in [-0.39, 0.29) is 5.97 Å². The molecule has 0 fully saturated rings. The summed E-state index contributed by atoms with van der Waals surface area (Å²) >= 11 is 0. The minimum atomic E-state index is -0.259. The Morgan fingerprint density at radius 3 is 1.88 bits per heavy atom. The van der Waals surface area contributed by atoms with Gasteiger partial charge >= 0.3 is 5.97 Å². The summed E-state index contributed by atoms with van der Waals surface area (Å²) in [5.41, 5.74) is 0.488. The van der Waals surface area contributed by atoms with Crippen LogP contribution in [0.15, 0.2) is 12.2 Å². The molecule has 2 atom stereocenters. The second-order valence-electron chi connectivity index (χ2n) is 7.76. The van der Waals surface area contributed by atoms with Crippen molar-refractivity contribution in [3.8, 4) is 0 Å². The molecule has 0 aromatic rings. The van der Waals surface area contributed by atoms with Crippen LogP contribution in [0.5, 0.6) is 0 Å². The van der Waals surface area contributed by atoms with Gasteiger partial charge in [-0.05, 0) is 25.2 Å². The van der Waals surface area contributed by atoms with E-state index in [9.17, 15) is 4.79 Å². The molecule has 2 nitrogen and oxygen atoms in total. The predicted molar refractivity (Wildman–Crippen MR) is 105 cm³/mol. The molecule has 0 amide bonds. The molecule has 0 aliphatic heterocycles. The molecule has 0 spiro atoms. The molecule has 0 heterocycles. The topological polar surface area (TPSA) is 26.3 Å². The summed E-state index contributed by atoms with van der Waals surface area (Å²) in [6.45, 7) is 12.7. The number of unbranched alkanes of at least 4 members (excludes halogenated alkanes) is 7. The standard InChI is InChI=1S/C22H42O2/c1-6-7-8-9-10-11-12-13-14-20(4)15-16-21(5)17-18-24-22(23)19(2)3/h20-21H,2,6-18H2,1,3-5H3. The molecule has 142 valence electrons. The van der Waals surface area contributed by atoms with Crippen LogP contribution in [0, 0.1) is 11.8 Å². The van der Waals surface area contributed by atoms with Crippen LogP contribution < -0.4 is 0 Å². The Morgan fingerprint density at radius 1 is 0.833 bits per heavy atom. The van der Waals surface area contributed by atoms with Crippen molar-refractivity contribution in [2.24, 2.45) is 11.8 Å². The van der Waals surface area contributed by atoms with Crippen LogP contribution in [0.1, 0.15) is 105 Å². The van der Waals surface area contributed by atoms with Crippen molar-refractivity contribution in [1.29, 1.82) is 0 Å². The van der Waals surface area contributed by atoms with Gasteiger partial charge in [0.2, 0.25) is 0 Å². The first-order chi connectivity index (χ1) is 11.5. The van der Waals surface area contributed by atoms with Gasteiger partial charge in [-0.15, -0.1) is 0 Å². The smallest absolute Gasteiger partial charge is 0.333 e. The maximum absolute atomic E-state index is 11.3. The Bertz CT molecular complexity index is 322. The monoisotopic (exact) mass is 338 g/mol. The normalized spacial score (nSPS) is 13.5. The third-order valence-corrected chi connectivity index (χ3v) is 4.90. The van der Waals surface area contributed by atoms with Gasteiger partial charge in [0.25, 0.3) is 0 Å². The molecule has 0 aliphatic rings. The Kier molecular flexibility index (Phi) is 15.2. The second kappa shape index (κ2) is 15.7. The lowest BCUT2D eigenvalue weighted by Crippen LogP contribution is -2.09. The van der Waals surface area contributed by atoms with Gasteiger partial charge in [0, 0.05) is 5.57 Å². The molecule has 0 aliphatic carbocycles. The molecule has 0 saturated heterocycles. The molecule has 0 aromatic carbocycles. The van der Waals surface area contributed by atoms with Gasteiger partial charge in [-0.1, -0.05) is 98.0 Å². The molecule has 0 bridgehead atoms. The van der Waals surface area contributed by atoms with Crippen LogP contribution in [0.2, 0.25) is 0 Å². The van der Waals surface area contributed by atoms with Crippen molar-refractivity contribution in [3.05, 3.63) is 12.2 Å². The quantitative estimate of drug-likeness (QED) is 0.171. The summed E-state index contributed by atoms with van der Waals surface area (Å²) in [5, 5.41) is 0. The number of hydrogen-bond acceptors (Lipinski definition) is 2. The minimum absolute atomic E-state index is 0.259. The van der Waals surface area contributed by atoms with Crippen LogP contribution in [0.25, 0.3) is 0 Å². The summed E-state index contributed by atoms with van der Waals surface area (Å²) in [6.07, 6.45) is 16.1. The summed E-state index contributed by atoms with van der Waals surface area (Å²) < 4.78 is 5.17. The van der Waals surface area contributed by atoms with Crippen molar-refractivity contribution in [2.75, 3.05) is 6.61 Å².